The van der Waals surface area contributed by atoms with Crippen LogP contribution in [0.3, 0.4) is 0 Å². The number of rotatable bonds is 6. The molecule has 0 saturated carbocycles. The van der Waals surface area contributed by atoms with E-state index < -0.39 is 18.0 Å². The highest BCUT2D eigenvalue weighted by Gasteiger charge is 2.35. The van der Waals surface area contributed by atoms with Crippen molar-refractivity contribution in [3.8, 4) is 11.4 Å². The number of carbonyl (C=O) groups excluding carboxylic acids is 1. The molecular formula is C25H22F3N5O4. The van der Waals surface area contributed by atoms with Crippen LogP contribution in [0.15, 0.2) is 65.8 Å². The fourth-order valence-corrected chi connectivity index (χ4v) is 4.40. The second-order valence-electron chi connectivity index (χ2n) is 8.87. The predicted octanol–water partition coefficient (Wildman–Crippen LogP) is 2.99. The smallest absolute Gasteiger partial charge is 0.387 e. The number of ether oxygens (including phenoxy) is 1. The van der Waals surface area contributed by atoms with Crippen molar-refractivity contribution in [2.45, 2.75) is 31.6 Å². The number of aliphatic hydroxyl groups is 1. The van der Waals surface area contributed by atoms with Gasteiger partial charge in [0.25, 0.3) is 11.5 Å². The van der Waals surface area contributed by atoms with Crippen molar-refractivity contribution in [1.29, 1.82) is 0 Å². The van der Waals surface area contributed by atoms with Gasteiger partial charge in [0.2, 0.25) is 0 Å². The molecule has 0 bridgehead atoms. The van der Waals surface area contributed by atoms with Gasteiger partial charge in [-0.15, -0.1) is 0 Å². The number of aromatic nitrogens is 4. The number of amides is 1. The largest absolute Gasteiger partial charge is 0.435 e. The lowest BCUT2D eigenvalue weighted by atomic mass is 9.91. The van der Waals surface area contributed by atoms with Gasteiger partial charge in [-0.05, 0) is 61.4 Å². The highest BCUT2D eigenvalue weighted by molar-refractivity contribution is 5.94. The Morgan fingerprint density at radius 2 is 1.76 bits per heavy atom. The van der Waals surface area contributed by atoms with Crippen LogP contribution in [0, 0.1) is 5.82 Å². The number of hydrogen-bond donors (Lipinski definition) is 1. The van der Waals surface area contributed by atoms with E-state index in [2.05, 4.69) is 14.8 Å². The van der Waals surface area contributed by atoms with Crippen LogP contribution < -0.4 is 10.3 Å². The van der Waals surface area contributed by atoms with Crippen LogP contribution in [0.1, 0.15) is 23.2 Å². The van der Waals surface area contributed by atoms with Crippen molar-refractivity contribution in [2.24, 2.45) is 0 Å². The Morgan fingerprint density at radius 1 is 1.08 bits per heavy atom. The van der Waals surface area contributed by atoms with Crippen LogP contribution in [0.5, 0.6) is 5.75 Å². The summed E-state index contributed by atoms with van der Waals surface area (Å²) in [5.41, 5.74) is -0.441. The van der Waals surface area contributed by atoms with Crippen molar-refractivity contribution >= 4 is 16.9 Å². The van der Waals surface area contributed by atoms with Crippen LogP contribution in [-0.4, -0.2) is 60.5 Å². The van der Waals surface area contributed by atoms with E-state index in [-0.39, 0.29) is 55.1 Å². The van der Waals surface area contributed by atoms with Gasteiger partial charge < -0.3 is 14.7 Å². The van der Waals surface area contributed by atoms with Crippen LogP contribution in [0.25, 0.3) is 16.7 Å². The zero-order chi connectivity index (χ0) is 26.2. The molecular weight excluding hydrogens is 491 g/mol. The molecule has 1 saturated heterocycles. The van der Waals surface area contributed by atoms with E-state index in [4.69, 9.17) is 0 Å². The average Bonchev–Trinajstić information content (AvgIpc) is 3.31. The molecule has 0 atom stereocenters. The summed E-state index contributed by atoms with van der Waals surface area (Å²) in [7, 11) is 0. The third kappa shape index (κ3) is 5.05. The summed E-state index contributed by atoms with van der Waals surface area (Å²) >= 11 is 0. The molecule has 2 aromatic heterocycles. The van der Waals surface area contributed by atoms with Crippen LogP contribution >= 0.6 is 0 Å². The summed E-state index contributed by atoms with van der Waals surface area (Å²) in [6.07, 6.45) is 3.17. The highest BCUT2D eigenvalue weighted by atomic mass is 19.3. The molecule has 9 nitrogen and oxygen atoms in total. The minimum atomic E-state index is -2.95. The lowest BCUT2D eigenvalue weighted by Gasteiger charge is -2.38. The number of alkyl halides is 2. The molecule has 37 heavy (non-hydrogen) atoms. The van der Waals surface area contributed by atoms with Crippen molar-refractivity contribution in [3.05, 3.63) is 82.8 Å². The molecule has 192 valence electrons. The normalized spacial score (nSPS) is 15.3. The van der Waals surface area contributed by atoms with Gasteiger partial charge in [0.1, 0.15) is 23.3 Å². The summed E-state index contributed by atoms with van der Waals surface area (Å²) in [6.45, 7) is -2.47. The molecule has 4 aromatic rings. The van der Waals surface area contributed by atoms with Crippen LogP contribution in [0.2, 0.25) is 0 Å². The number of halogens is 3. The molecule has 3 heterocycles. The molecule has 5 rings (SSSR count). The summed E-state index contributed by atoms with van der Waals surface area (Å²) in [5, 5.41) is 15.6. The number of nitrogens with zero attached hydrogens (tertiary/aromatic N) is 5. The second kappa shape index (κ2) is 9.69. The van der Waals surface area contributed by atoms with E-state index in [1.807, 2.05) is 0 Å². The zero-order valence-corrected chi connectivity index (χ0v) is 19.4. The summed E-state index contributed by atoms with van der Waals surface area (Å²) in [4.78, 5) is 31.8. The maximum absolute atomic E-state index is 13.3. The molecule has 12 heteroatoms. The molecule has 1 N–H and O–H groups in total. The number of benzene rings is 2. The second-order valence-corrected chi connectivity index (χ2v) is 8.87. The number of fused-ring (bicyclic) bond motifs is 1. The topological polar surface area (TPSA) is 102 Å². The molecule has 0 spiro atoms. The van der Waals surface area contributed by atoms with E-state index in [1.165, 1.54) is 70.3 Å². The van der Waals surface area contributed by atoms with Crippen molar-refractivity contribution in [1.82, 2.24) is 24.2 Å². The van der Waals surface area contributed by atoms with Gasteiger partial charge in [-0.3, -0.25) is 14.2 Å². The molecule has 1 aliphatic rings. The van der Waals surface area contributed by atoms with Gasteiger partial charge in [0.05, 0.1) is 24.0 Å². The molecule has 1 amide bonds. The molecule has 0 aliphatic carbocycles. The minimum absolute atomic E-state index is 0.0157. The van der Waals surface area contributed by atoms with Gasteiger partial charge >= 0.3 is 6.61 Å². The fraction of sp³-hybridized carbons (Fsp3) is 0.280. The Balaban J connectivity index is 1.27. The standard InChI is InChI=1S/C25H22F3N5O4/c26-17-3-5-18(6-4-17)33-21-20(13-30-33)23(35)32(15-29-21)14-25(36)9-11-31(12-10-25)22(34)16-1-7-19(8-2-16)37-24(27)28/h1-8,13,15,24,36H,9-12,14H2. The monoisotopic (exact) mass is 513 g/mol. The van der Waals surface area contributed by atoms with Gasteiger partial charge in [-0.25, -0.2) is 14.1 Å². The Morgan fingerprint density at radius 3 is 2.41 bits per heavy atom. The first-order valence-corrected chi connectivity index (χ1v) is 11.5. The minimum Gasteiger partial charge on any atom is -0.435 e. The van der Waals surface area contributed by atoms with Crippen molar-refractivity contribution in [2.75, 3.05) is 13.1 Å². The van der Waals surface area contributed by atoms with E-state index in [9.17, 15) is 27.9 Å². The Bertz CT molecular complexity index is 1480. The van der Waals surface area contributed by atoms with Gasteiger partial charge in [0.15, 0.2) is 5.65 Å². The van der Waals surface area contributed by atoms with E-state index in [0.717, 1.165) is 0 Å². The van der Waals surface area contributed by atoms with Gasteiger partial charge in [0, 0.05) is 18.7 Å². The Labute approximate surface area is 208 Å². The third-order valence-corrected chi connectivity index (χ3v) is 6.40. The molecule has 0 unspecified atom stereocenters. The summed E-state index contributed by atoms with van der Waals surface area (Å²) < 4.78 is 45.0. The summed E-state index contributed by atoms with van der Waals surface area (Å²) in [5.74, 6) is -0.730. The first-order valence-electron chi connectivity index (χ1n) is 11.5. The fourth-order valence-electron chi connectivity index (χ4n) is 4.40. The number of carbonyl (C=O) groups is 1. The highest BCUT2D eigenvalue weighted by Crippen LogP contribution is 2.26. The number of piperidine rings is 1. The van der Waals surface area contributed by atoms with E-state index in [0.29, 0.717) is 16.9 Å². The van der Waals surface area contributed by atoms with E-state index in [1.54, 1.807) is 4.90 Å². The van der Waals surface area contributed by atoms with Crippen molar-refractivity contribution < 1.29 is 27.8 Å². The molecule has 1 aliphatic heterocycles. The summed E-state index contributed by atoms with van der Waals surface area (Å²) in [6, 6.07) is 11.0. The first kappa shape index (κ1) is 24.5. The maximum atomic E-state index is 13.3. The maximum Gasteiger partial charge on any atom is 0.387 e. The third-order valence-electron chi connectivity index (χ3n) is 6.40. The SMILES string of the molecule is O=C(c1ccc(OC(F)F)cc1)N1CCC(O)(Cn2cnc3c(cnn3-c3ccc(F)cc3)c2=O)CC1. The molecule has 0 radical (unpaired) electrons. The lowest BCUT2D eigenvalue weighted by molar-refractivity contribution is -0.0498. The number of likely N-dealkylation sites (tertiary alicyclic amines) is 1. The van der Waals surface area contributed by atoms with E-state index >= 15 is 0 Å². The van der Waals surface area contributed by atoms with Gasteiger partial charge in [-0.2, -0.15) is 13.9 Å². The van der Waals surface area contributed by atoms with Crippen LogP contribution in [-0.2, 0) is 6.54 Å². The van der Waals surface area contributed by atoms with Crippen molar-refractivity contribution in [3.63, 3.8) is 0 Å². The average molecular weight is 513 g/mol. The molecule has 2 aromatic carbocycles. The van der Waals surface area contributed by atoms with Gasteiger partial charge in [-0.1, -0.05) is 0 Å². The Kier molecular flexibility index (Phi) is 6.42. The first-order chi connectivity index (χ1) is 17.7. The quantitative estimate of drug-likeness (QED) is 0.425. The predicted molar refractivity (Wildman–Crippen MR) is 126 cm³/mol. The lowest BCUT2D eigenvalue weighted by Crippen LogP contribution is -2.49. The molecule has 1 fully saturated rings. The van der Waals surface area contributed by atoms with Crippen LogP contribution in [0.4, 0.5) is 13.2 Å². The number of hydrogen-bond acceptors (Lipinski definition) is 6. The zero-order valence-electron chi connectivity index (χ0n) is 19.4. The Hall–Kier alpha value is -4.19.